The summed E-state index contributed by atoms with van der Waals surface area (Å²) in [4.78, 5) is 1.51. The number of unbranched alkanes of at least 4 members (excludes halogenated alkanes) is 3. The molecule has 2 heterocycles. The average molecular weight is 463 g/mol. The molecule has 170 valence electrons. The predicted octanol–water partition coefficient (Wildman–Crippen LogP) is 10.1. The van der Waals surface area contributed by atoms with Crippen LogP contribution in [-0.2, 0) is 19.3 Å². The zero-order valence-electron chi connectivity index (χ0n) is 18.6. The van der Waals surface area contributed by atoms with Gasteiger partial charge in [0.2, 0.25) is 0 Å². The van der Waals surface area contributed by atoms with Gasteiger partial charge in [0, 0.05) is 4.88 Å². The standard InChI is InChI=1S/C25H30S.C4H4S.CH4/c1-2-3-4-8-21-12-16-23(17-13-21)24-18-14-22(15-19-24)9-5-6-10-25-11-7-20-26-25;1-2-4-5-3-1;/h7,11-20H,2-6,8-10H2,1H3;1-4H;1H4. The van der Waals surface area contributed by atoms with Crippen LogP contribution in [0.5, 0.6) is 0 Å². The number of hydrogen-bond acceptors (Lipinski definition) is 2. The molecule has 0 atom stereocenters. The van der Waals surface area contributed by atoms with Crippen LogP contribution in [0.3, 0.4) is 0 Å². The topological polar surface area (TPSA) is 0 Å². The number of benzene rings is 2. The van der Waals surface area contributed by atoms with E-state index in [1.165, 1.54) is 78.5 Å². The molecule has 0 spiro atoms. The highest BCUT2D eigenvalue weighted by atomic mass is 32.1. The van der Waals surface area contributed by atoms with E-state index in [0.29, 0.717) is 0 Å². The van der Waals surface area contributed by atoms with Crippen LogP contribution in [0, 0.1) is 0 Å². The molecule has 0 aliphatic carbocycles. The fourth-order valence-electron chi connectivity index (χ4n) is 3.62. The third-order valence-electron chi connectivity index (χ3n) is 5.45. The first-order chi connectivity index (χ1) is 15.3. The fourth-order valence-corrected chi connectivity index (χ4v) is 4.82. The van der Waals surface area contributed by atoms with Crippen molar-refractivity contribution in [3.8, 4) is 11.1 Å². The van der Waals surface area contributed by atoms with E-state index in [0.717, 1.165) is 0 Å². The van der Waals surface area contributed by atoms with Crippen LogP contribution in [-0.4, -0.2) is 0 Å². The van der Waals surface area contributed by atoms with Crippen LogP contribution in [0.2, 0.25) is 0 Å². The molecule has 0 N–H and O–H groups in total. The summed E-state index contributed by atoms with van der Waals surface area (Å²) in [5.41, 5.74) is 5.57. The highest BCUT2D eigenvalue weighted by molar-refractivity contribution is 7.09. The highest BCUT2D eigenvalue weighted by Crippen LogP contribution is 2.22. The Balaban J connectivity index is 0.000000534. The molecule has 2 aromatic carbocycles. The molecule has 4 rings (SSSR count). The molecule has 0 bridgehead atoms. The van der Waals surface area contributed by atoms with Gasteiger partial charge in [-0.2, -0.15) is 11.3 Å². The number of thiophene rings is 2. The first-order valence-electron chi connectivity index (χ1n) is 11.5. The second-order valence-electron chi connectivity index (χ2n) is 7.93. The summed E-state index contributed by atoms with van der Waals surface area (Å²) in [6, 6.07) is 26.7. The minimum atomic E-state index is 0. The lowest BCUT2D eigenvalue weighted by Gasteiger charge is -2.06. The summed E-state index contributed by atoms with van der Waals surface area (Å²) in [7, 11) is 0. The Morgan fingerprint density at radius 1 is 0.562 bits per heavy atom. The SMILES string of the molecule is C.CCCCCc1ccc(-c2ccc(CCCCc3cccs3)cc2)cc1.c1ccsc1. The summed E-state index contributed by atoms with van der Waals surface area (Å²) in [5, 5.41) is 6.26. The summed E-state index contributed by atoms with van der Waals surface area (Å²) in [6.45, 7) is 2.26. The van der Waals surface area contributed by atoms with Crippen molar-refractivity contribution in [3.05, 3.63) is 105 Å². The van der Waals surface area contributed by atoms with E-state index in [9.17, 15) is 0 Å². The molecular weight excluding hydrogens is 424 g/mol. The Morgan fingerprint density at radius 2 is 1.09 bits per heavy atom. The molecule has 4 aromatic rings. The zero-order valence-corrected chi connectivity index (χ0v) is 20.3. The largest absolute Gasteiger partial charge is 0.152 e. The van der Waals surface area contributed by atoms with E-state index in [4.69, 9.17) is 0 Å². The Bertz CT molecular complexity index is 900. The van der Waals surface area contributed by atoms with Gasteiger partial charge < -0.3 is 0 Å². The summed E-state index contributed by atoms with van der Waals surface area (Å²) < 4.78 is 0. The molecule has 0 fully saturated rings. The Kier molecular flexibility index (Phi) is 12.7. The Morgan fingerprint density at radius 3 is 1.53 bits per heavy atom. The lowest BCUT2D eigenvalue weighted by Crippen LogP contribution is -1.89. The third-order valence-corrected chi connectivity index (χ3v) is 7.02. The first kappa shape index (κ1) is 26.1. The van der Waals surface area contributed by atoms with E-state index in [1.807, 2.05) is 34.2 Å². The van der Waals surface area contributed by atoms with Crippen molar-refractivity contribution in [2.24, 2.45) is 0 Å². The quantitative estimate of drug-likeness (QED) is 0.206. The molecule has 0 unspecified atom stereocenters. The van der Waals surface area contributed by atoms with Crippen molar-refractivity contribution in [2.75, 3.05) is 0 Å². The van der Waals surface area contributed by atoms with Crippen molar-refractivity contribution in [1.29, 1.82) is 0 Å². The van der Waals surface area contributed by atoms with Gasteiger partial charge in [0.25, 0.3) is 0 Å². The number of aryl methyl sites for hydroxylation is 3. The van der Waals surface area contributed by atoms with Crippen LogP contribution in [0.4, 0.5) is 0 Å². The lowest BCUT2D eigenvalue weighted by atomic mass is 9.99. The van der Waals surface area contributed by atoms with Gasteiger partial charge in [-0.3, -0.25) is 0 Å². The Labute approximate surface area is 204 Å². The van der Waals surface area contributed by atoms with Crippen LogP contribution in [0.25, 0.3) is 11.1 Å². The van der Waals surface area contributed by atoms with Crippen molar-refractivity contribution in [3.63, 3.8) is 0 Å². The maximum atomic E-state index is 2.30. The molecule has 0 aliphatic rings. The second kappa shape index (κ2) is 15.6. The molecule has 2 aromatic heterocycles. The van der Waals surface area contributed by atoms with Crippen LogP contribution >= 0.6 is 22.7 Å². The maximum absolute atomic E-state index is 2.30. The van der Waals surface area contributed by atoms with Crippen LogP contribution < -0.4 is 0 Å². The van der Waals surface area contributed by atoms with Gasteiger partial charge in [0.1, 0.15) is 0 Å². The minimum absolute atomic E-state index is 0. The van der Waals surface area contributed by atoms with Gasteiger partial charge in [-0.25, -0.2) is 0 Å². The molecule has 0 nitrogen and oxygen atoms in total. The third kappa shape index (κ3) is 9.54. The van der Waals surface area contributed by atoms with Gasteiger partial charge in [0.15, 0.2) is 0 Å². The molecule has 0 radical (unpaired) electrons. The van der Waals surface area contributed by atoms with Crippen molar-refractivity contribution in [1.82, 2.24) is 0 Å². The monoisotopic (exact) mass is 462 g/mol. The minimum Gasteiger partial charge on any atom is -0.152 e. The molecule has 0 aliphatic heterocycles. The predicted molar refractivity (Wildman–Crippen MR) is 147 cm³/mol. The summed E-state index contributed by atoms with van der Waals surface area (Å²) in [6.07, 6.45) is 10.1. The smallest absolute Gasteiger partial charge is 0.00452 e. The maximum Gasteiger partial charge on any atom is 0.00452 e. The lowest BCUT2D eigenvalue weighted by molar-refractivity contribution is 0.717. The molecular formula is C30H38S2. The molecule has 0 saturated heterocycles. The van der Waals surface area contributed by atoms with E-state index in [1.54, 1.807) is 11.3 Å². The van der Waals surface area contributed by atoms with E-state index < -0.39 is 0 Å². The highest BCUT2D eigenvalue weighted by Gasteiger charge is 2.01. The van der Waals surface area contributed by atoms with Gasteiger partial charge in [-0.05, 0) is 83.0 Å². The number of rotatable bonds is 10. The van der Waals surface area contributed by atoms with Gasteiger partial charge in [0.05, 0.1) is 0 Å². The van der Waals surface area contributed by atoms with Crippen molar-refractivity contribution >= 4 is 22.7 Å². The summed E-state index contributed by atoms with van der Waals surface area (Å²) in [5.74, 6) is 0. The fraction of sp³-hybridized carbons (Fsp3) is 0.333. The zero-order chi connectivity index (χ0) is 21.6. The van der Waals surface area contributed by atoms with E-state index >= 15 is 0 Å². The van der Waals surface area contributed by atoms with Gasteiger partial charge in [-0.1, -0.05) is 93.9 Å². The molecule has 0 saturated carbocycles. The summed E-state index contributed by atoms with van der Waals surface area (Å²) >= 11 is 3.59. The molecule has 32 heavy (non-hydrogen) atoms. The van der Waals surface area contributed by atoms with Crippen LogP contribution in [0.1, 0.15) is 62.5 Å². The van der Waals surface area contributed by atoms with E-state index in [2.05, 4.69) is 73.0 Å². The van der Waals surface area contributed by atoms with Crippen LogP contribution in [0.15, 0.2) is 88.9 Å². The van der Waals surface area contributed by atoms with Crippen molar-refractivity contribution in [2.45, 2.75) is 65.7 Å². The van der Waals surface area contributed by atoms with Crippen molar-refractivity contribution < 1.29 is 0 Å². The first-order valence-corrected chi connectivity index (χ1v) is 13.3. The number of hydrogen-bond donors (Lipinski definition) is 0. The molecule has 2 heteroatoms. The average Bonchev–Trinajstić information content (AvgIpc) is 3.55. The Hall–Kier alpha value is -2.16. The molecule has 0 amide bonds. The van der Waals surface area contributed by atoms with E-state index in [-0.39, 0.29) is 7.43 Å². The normalized spacial score (nSPS) is 10.2. The second-order valence-corrected chi connectivity index (χ2v) is 9.78. The van der Waals surface area contributed by atoms with Gasteiger partial charge in [-0.15, -0.1) is 11.3 Å². The van der Waals surface area contributed by atoms with Gasteiger partial charge >= 0.3 is 0 Å².